The first-order valence-electron chi connectivity index (χ1n) is 7.06. The molecule has 0 radical (unpaired) electrons. The summed E-state index contributed by atoms with van der Waals surface area (Å²) in [6, 6.07) is 4.09. The molecule has 0 unspecified atom stereocenters. The number of aromatic nitrogens is 1. The van der Waals surface area contributed by atoms with Crippen LogP contribution in [0.4, 0.5) is 10.9 Å². The Balaban J connectivity index is 1.58. The smallest absolute Gasteiger partial charge is 0.265 e. The van der Waals surface area contributed by atoms with Crippen LogP contribution in [0.2, 0.25) is 0 Å². The number of thiazole rings is 1. The van der Waals surface area contributed by atoms with E-state index in [4.69, 9.17) is 5.73 Å². The Morgan fingerprint density at radius 3 is 2.95 bits per heavy atom. The fourth-order valence-electron chi connectivity index (χ4n) is 2.36. The number of thiophene rings is 1. The van der Waals surface area contributed by atoms with Crippen molar-refractivity contribution in [2.45, 2.75) is 19.3 Å². The van der Waals surface area contributed by atoms with Gasteiger partial charge in [0.2, 0.25) is 0 Å². The molecule has 1 aliphatic rings. The van der Waals surface area contributed by atoms with Crippen molar-refractivity contribution in [2.24, 2.45) is 0 Å². The number of nitrogens with one attached hydrogen (secondary N) is 1. The van der Waals surface area contributed by atoms with Crippen LogP contribution in [0.1, 0.15) is 27.4 Å². The minimum atomic E-state index is -0.119. The summed E-state index contributed by atoms with van der Waals surface area (Å²) in [4.78, 5) is 20.5. The Hall–Kier alpha value is -1.60. The van der Waals surface area contributed by atoms with Crippen LogP contribution < -0.4 is 16.0 Å². The molecule has 0 spiro atoms. The molecule has 7 heteroatoms. The zero-order valence-electron chi connectivity index (χ0n) is 11.7. The molecule has 0 atom stereocenters. The molecule has 3 rings (SSSR count). The van der Waals surface area contributed by atoms with Crippen LogP contribution >= 0.6 is 22.7 Å². The number of carbonyl (C=O) groups is 1. The highest BCUT2D eigenvalue weighted by molar-refractivity contribution is 7.18. The van der Waals surface area contributed by atoms with E-state index in [1.807, 2.05) is 11.4 Å². The van der Waals surface area contributed by atoms with Crippen molar-refractivity contribution in [1.29, 1.82) is 0 Å². The van der Waals surface area contributed by atoms with Gasteiger partial charge in [0.25, 0.3) is 5.91 Å². The summed E-state index contributed by atoms with van der Waals surface area (Å²) in [6.07, 6.45) is 3.21. The molecule has 2 aromatic heterocycles. The quantitative estimate of drug-likeness (QED) is 0.886. The van der Waals surface area contributed by atoms with E-state index in [-0.39, 0.29) is 5.91 Å². The average molecular weight is 322 g/mol. The van der Waals surface area contributed by atoms with Crippen molar-refractivity contribution in [3.63, 3.8) is 0 Å². The molecule has 1 saturated heterocycles. The van der Waals surface area contributed by atoms with Gasteiger partial charge in [-0.1, -0.05) is 17.4 Å². The molecule has 0 aliphatic carbocycles. The lowest BCUT2D eigenvalue weighted by Crippen LogP contribution is -2.25. The highest BCUT2D eigenvalue weighted by atomic mass is 32.1. The second-order valence-corrected chi connectivity index (χ2v) is 7.00. The summed E-state index contributed by atoms with van der Waals surface area (Å²) in [7, 11) is 0. The lowest BCUT2D eigenvalue weighted by molar-refractivity contribution is 0.0959. The largest absolute Gasteiger partial charge is 0.382 e. The van der Waals surface area contributed by atoms with E-state index in [1.165, 1.54) is 29.1 Å². The fraction of sp³-hybridized carbons (Fsp3) is 0.429. The van der Waals surface area contributed by atoms with E-state index >= 15 is 0 Å². The van der Waals surface area contributed by atoms with Crippen molar-refractivity contribution >= 4 is 39.5 Å². The number of hydrogen-bond acceptors (Lipinski definition) is 6. The lowest BCUT2D eigenvalue weighted by Gasteiger charge is -2.11. The summed E-state index contributed by atoms with van der Waals surface area (Å²) in [5, 5.41) is 5.83. The minimum Gasteiger partial charge on any atom is -0.382 e. The number of anilines is 2. The third-order valence-corrected chi connectivity index (χ3v) is 5.53. The normalized spacial score (nSPS) is 14.6. The van der Waals surface area contributed by atoms with Crippen molar-refractivity contribution in [2.75, 3.05) is 30.3 Å². The Morgan fingerprint density at radius 1 is 1.43 bits per heavy atom. The van der Waals surface area contributed by atoms with E-state index in [9.17, 15) is 4.79 Å². The zero-order valence-corrected chi connectivity index (χ0v) is 13.3. The van der Waals surface area contributed by atoms with Crippen LogP contribution in [-0.4, -0.2) is 30.5 Å². The van der Waals surface area contributed by atoms with Crippen molar-refractivity contribution in [3.8, 4) is 0 Å². The Morgan fingerprint density at radius 2 is 2.24 bits per heavy atom. The number of carbonyl (C=O) groups excluding carboxylic acids is 1. The molecule has 3 N–H and O–H groups in total. The maximum absolute atomic E-state index is 12.2. The molecule has 1 amide bonds. The van der Waals surface area contributed by atoms with Gasteiger partial charge in [0.15, 0.2) is 5.13 Å². The molecule has 0 saturated carbocycles. The molecule has 0 bridgehead atoms. The highest BCUT2D eigenvalue weighted by Crippen LogP contribution is 2.30. The molecule has 112 valence electrons. The van der Waals surface area contributed by atoms with Crippen LogP contribution in [0.25, 0.3) is 0 Å². The molecule has 1 fully saturated rings. The molecular weight excluding hydrogens is 304 g/mol. The highest BCUT2D eigenvalue weighted by Gasteiger charge is 2.21. The van der Waals surface area contributed by atoms with Crippen molar-refractivity contribution < 1.29 is 4.79 Å². The molecule has 1 aliphatic heterocycles. The predicted molar refractivity (Wildman–Crippen MR) is 88.3 cm³/mol. The maximum atomic E-state index is 12.2. The predicted octanol–water partition coefficient (Wildman–Crippen LogP) is 2.36. The lowest BCUT2D eigenvalue weighted by atomic mass is 10.3. The van der Waals surface area contributed by atoms with E-state index in [0.717, 1.165) is 24.6 Å². The summed E-state index contributed by atoms with van der Waals surface area (Å²) in [6.45, 7) is 2.63. The molecular formula is C14H18N4OS2. The van der Waals surface area contributed by atoms with Crippen LogP contribution in [0.5, 0.6) is 0 Å². The van der Waals surface area contributed by atoms with Crippen LogP contribution in [0, 0.1) is 0 Å². The van der Waals surface area contributed by atoms with Gasteiger partial charge in [0, 0.05) is 24.5 Å². The molecule has 0 aromatic carbocycles. The van der Waals surface area contributed by atoms with Gasteiger partial charge >= 0.3 is 0 Å². The van der Waals surface area contributed by atoms with Gasteiger partial charge in [-0.15, -0.1) is 11.3 Å². The van der Waals surface area contributed by atoms with Crippen LogP contribution in [-0.2, 0) is 6.42 Å². The Labute approximate surface area is 131 Å². The topological polar surface area (TPSA) is 71.2 Å². The molecule has 2 aromatic rings. The zero-order chi connectivity index (χ0) is 14.7. The van der Waals surface area contributed by atoms with Gasteiger partial charge < -0.3 is 16.0 Å². The number of amides is 1. The number of rotatable bonds is 5. The van der Waals surface area contributed by atoms with Gasteiger partial charge in [-0.05, 0) is 30.7 Å². The standard InChI is InChI=1S/C14H18N4OS2/c15-12-11(21-14(17-12)18-7-1-2-8-18)13(19)16-6-5-10-4-3-9-20-10/h3-4,9H,1-2,5-8,15H2,(H,16,19). The summed E-state index contributed by atoms with van der Waals surface area (Å²) >= 11 is 3.10. The van der Waals surface area contributed by atoms with E-state index in [1.54, 1.807) is 11.3 Å². The SMILES string of the molecule is Nc1nc(N2CCCC2)sc1C(=O)NCCc1cccs1. The minimum absolute atomic E-state index is 0.119. The first-order valence-corrected chi connectivity index (χ1v) is 8.75. The van der Waals surface area contributed by atoms with Crippen LogP contribution in [0.3, 0.4) is 0 Å². The first kappa shape index (κ1) is 14.3. The third-order valence-electron chi connectivity index (χ3n) is 3.46. The second-order valence-electron chi connectivity index (χ2n) is 4.99. The van der Waals surface area contributed by atoms with Gasteiger partial charge in [-0.25, -0.2) is 4.98 Å². The fourth-order valence-corrected chi connectivity index (χ4v) is 4.02. The monoisotopic (exact) mass is 322 g/mol. The van der Waals surface area contributed by atoms with Gasteiger partial charge in [0.05, 0.1) is 0 Å². The maximum Gasteiger partial charge on any atom is 0.265 e. The van der Waals surface area contributed by atoms with E-state index < -0.39 is 0 Å². The number of nitrogens with zero attached hydrogens (tertiary/aromatic N) is 2. The Bertz CT molecular complexity index is 603. The van der Waals surface area contributed by atoms with Crippen molar-refractivity contribution in [1.82, 2.24) is 10.3 Å². The van der Waals surface area contributed by atoms with Crippen molar-refractivity contribution in [3.05, 3.63) is 27.3 Å². The van der Waals surface area contributed by atoms with Gasteiger partial charge in [0.1, 0.15) is 10.7 Å². The van der Waals surface area contributed by atoms with Crippen LogP contribution in [0.15, 0.2) is 17.5 Å². The van der Waals surface area contributed by atoms with E-state index in [0.29, 0.717) is 17.2 Å². The molecule has 21 heavy (non-hydrogen) atoms. The summed E-state index contributed by atoms with van der Waals surface area (Å²) in [5.41, 5.74) is 5.89. The number of hydrogen-bond donors (Lipinski definition) is 2. The molecule has 5 nitrogen and oxygen atoms in total. The molecule has 3 heterocycles. The number of nitrogens with two attached hydrogens (primary N) is 1. The number of nitrogen functional groups attached to an aromatic ring is 1. The van der Waals surface area contributed by atoms with Gasteiger partial charge in [-0.2, -0.15) is 0 Å². The average Bonchev–Trinajstić information content (AvgIpc) is 3.19. The van der Waals surface area contributed by atoms with Gasteiger partial charge in [-0.3, -0.25) is 4.79 Å². The summed E-state index contributed by atoms with van der Waals surface area (Å²) in [5.74, 6) is 0.225. The van der Waals surface area contributed by atoms with E-state index in [2.05, 4.69) is 21.3 Å². The first-order chi connectivity index (χ1) is 10.2. The third kappa shape index (κ3) is 3.36. The Kier molecular flexibility index (Phi) is 4.40. The summed E-state index contributed by atoms with van der Waals surface area (Å²) < 4.78 is 0. The second kappa shape index (κ2) is 6.44.